The van der Waals surface area contributed by atoms with Crippen LogP contribution in [0.3, 0.4) is 0 Å². The van der Waals surface area contributed by atoms with Crippen molar-refractivity contribution in [1.82, 2.24) is 10.2 Å². The van der Waals surface area contributed by atoms with Gasteiger partial charge in [-0.1, -0.05) is 0 Å². The minimum Gasteiger partial charge on any atom is -0.390 e. The summed E-state index contributed by atoms with van der Waals surface area (Å²) < 4.78 is 13.2. The molecule has 1 aliphatic heterocycles. The molecule has 1 fully saturated rings. The first-order valence-electron chi connectivity index (χ1n) is 6.01. The first-order valence-corrected chi connectivity index (χ1v) is 6.01. The summed E-state index contributed by atoms with van der Waals surface area (Å²) in [6.45, 7) is 0.722. The zero-order valence-corrected chi connectivity index (χ0v) is 10.7. The molecule has 0 unspecified atom stereocenters. The van der Waals surface area contributed by atoms with Crippen molar-refractivity contribution in [1.29, 1.82) is 0 Å². The van der Waals surface area contributed by atoms with Gasteiger partial charge in [0, 0.05) is 26.2 Å². The number of hydrogen-bond acceptors (Lipinski definition) is 5. The maximum absolute atomic E-state index is 13.2. The minimum absolute atomic E-state index is 0.323. The van der Waals surface area contributed by atoms with E-state index in [0.717, 1.165) is 18.2 Å². The second-order valence-corrected chi connectivity index (χ2v) is 4.63. The summed E-state index contributed by atoms with van der Waals surface area (Å²) in [5.74, 6) is -1.42. The van der Waals surface area contributed by atoms with Crippen molar-refractivity contribution in [3.05, 3.63) is 39.7 Å². The lowest BCUT2D eigenvalue weighted by molar-refractivity contribution is -0.385. The van der Waals surface area contributed by atoms with Gasteiger partial charge in [0.15, 0.2) is 0 Å². The van der Waals surface area contributed by atoms with Gasteiger partial charge < -0.3 is 15.3 Å². The fourth-order valence-electron chi connectivity index (χ4n) is 2.23. The first kappa shape index (κ1) is 14.4. The molecular weight excluding hydrogens is 269 g/mol. The van der Waals surface area contributed by atoms with Gasteiger partial charge in [-0.25, -0.2) is 4.39 Å². The summed E-state index contributed by atoms with van der Waals surface area (Å²) in [4.78, 5) is 23.6. The molecule has 7 nitrogen and oxygen atoms in total. The van der Waals surface area contributed by atoms with Crippen LogP contribution in [0.25, 0.3) is 0 Å². The van der Waals surface area contributed by atoms with Crippen LogP contribution in [0.15, 0.2) is 18.2 Å². The molecule has 0 spiro atoms. The number of nitro benzene ring substituents is 1. The van der Waals surface area contributed by atoms with Crippen molar-refractivity contribution in [3.8, 4) is 0 Å². The lowest BCUT2D eigenvalue weighted by atomic mass is 10.1. The predicted molar refractivity (Wildman–Crippen MR) is 67.8 cm³/mol. The molecule has 8 heteroatoms. The smallest absolute Gasteiger partial charge is 0.282 e. The van der Waals surface area contributed by atoms with Gasteiger partial charge in [0.25, 0.3) is 11.6 Å². The standard InChI is InChI=1S/C12H14FN3O4/c1-15(10-5-14-6-11(10)17)12(18)8-4-7(13)2-3-9(8)16(19)20/h2-4,10-11,14,17H,5-6H2,1H3/t10-,11-/m0/s1. The summed E-state index contributed by atoms with van der Waals surface area (Å²) in [6, 6.07) is 2.23. The van der Waals surface area contributed by atoms with Crippen LogP contribution in [0.4, 0.5) is 10.1 Å². The van der Waals surface area contributed by atoms with Gasteiger partial charge in [0.1, 0.15) is 11.4 Å². The molecule has 20 heavy (non-hydrogen) atoms. The number of amides is 1. The molecule has 108 valence electrons. The summed E-state index contributed by atoms with van der Waals surface area (Å²) in [5.41, 5.74) is -0.778. The molecule has 1 aromatic rings. The number of nitro groups is 1. The SMILES string of the molecule is CN(C(=O)c1cc(F)ccc1[N+](=O)[O-])[C@H]1CNC[C@@H]1O. The lowest BCUT2D eigenvalue weighted by Gasteiger charge is -2.26. The fraction of sp³-hybridized carbons (Fsp3) is 0.417. The number of rotatable bonds is 3. The van der Waals surface area contributed by atoms with E-state index < -0.39 is 34.5 Å². The molecule has 0 aromatic heterocycles. The van der Waals surface area contributed by atoms with E-state index in [2.05, 4.69) is 5.32 Å². The zero-order valence-electron chi connectivity index (χ0n) is 10.7. The highest BCUT2D eigenvalue weighted by molar-refractivity contribution is 5.98. The Labute approximate surface area is 114 Å². The Morgan fingerprint density at radius 2 is 2.25 bits per heavy atom. The van der Waals surface area contributed by atoms with E-state index in [4.69, 9.17) is 0 Å². The third-order valence-electron chi connectivity index (χ3n) is 3.35. The van der Waals surface area contributed by atoms with Crippen LogP contribution in [-0.4, -0.2) is 53.1 Å². The van der Waals surface area contributed by atoms with Crippen LogP contribution in [0, 0.1) is 15.9 Å². The van der Waals surface area contributed by atoms with Gasteiger partial charge >= 0.3 is 0 Å². The van der Waals surface area contributed by atoms with Gasteiger partial charge in [-0.05, 0) is 12.1 Å². The molecule has 0 bridgehead atoms. The molecule has 0 saturated carbocycles. The monoisotopic (exact) mass is 283 g/mol. The largest absolute Gasteiger partial charge is 0.390 e. The molecular formula is C12H14FN3O4. The van der Waals surface area contributed by atoms with Crippen LogP contribution in [0.1, 0.15) is 10.4 Å². The normalized spacial score (nSPS) is 21.8. The number of carbonyl (C=O) groups is 1. The molecule has 1 aliphatic rings. The molecule has 0 radical (unpaired) electrons. The summed E-state index contributed by atoms with van der Waals surface area (Å²) >= 11 is 0. The summed E-state index contributed by atoms with van der Waals surface area (Å²) in [7, 11) is 1.43. The van der Waals surface area contributed by atoms with E-state index in [0.29, 0.717) is 13.1 Å². The fourth-order valence-corrected chi connectivity index (χ4v) is 2.23. The average molecular weight is 283 g/mol. The molecule has 2 atom stereocenters. The Morgan fingerprint density at radius 1 is 1.55 bits per heavy atom. The van der Waals surface area contributed by atoms with Crippen LogP contribution in [0.5, 0.6) is 0 Å². The molecule has 1 aromatic carbocycles. The molecule has 1 heterocycles. The molecule has 2 rings (SSSR count). The average Bonchev–Trinajstić information content (AvgIpc) is 2.82. The zero-order chi connectivity index (χ0) is 14.9. The minimum atomic E-state index is -0.753. The summed E-state index contributed by atoms with van der Waals surface area (Å²) in [5, 5.41) is 23.5. The number of carbonyl (C=O) groups excluding carboxylic acids is 1. The molecule has 1 amide bonds. The second kappa shape index (κ2) is 5.51. The molecule has 2 N–H and O–H groups in total. The van der Waals surface area contributed by atoms with Gasteiger partial charge in [-0.15, -0.1) is 0 Å². The second-order valence-electron chi connectivity index (χ2n) is 4.63. The highest BCUT2D eigenvalue weighted by Crippen LogP contribution is 2.22. The maximum Gasteiger partial charge on any atom is 0.282 e. The summed E-state index contributed by atoms with van der Waals surface area (Å²) in [6.07, 6.45) is -0.753. The first-order chi connectivity index (χ1) is 9.41. The van der Waals surface area contributed by atoms with E-state index in [-0.39, 0.29) is 5.56 Å². The number of aliphatic hydroxyl groups excluding tert-OH is 1. The van der Waals surface area contributed by atoms with Crippen LogP contribution in [-0.2, 0) is 0 Å². The number of β-amino-alcohol motifs (C(OH)–C–C–N with tert-alkyl or cyclic N) is 1. The Morgan fingerprint density at radius 3 is 2.80 bits per heavy atom. The van der Waals surface area contributed by atoms with E-state index in [9.17, 15) is 24.4 Å². The van der Waals surface area contributed by atoms with Crippen molar-refractivity contribution in [2.24, 2.45) is 0 Å². The topological polar surface area (TPSA) is 95.7 Å². The third-order valence-corrected chi connectivity index (χ3v) is 3.35. The Kier molecular flexibility index (Phi) is 3.96. The molecule has 1 saturated heterocycles. The Bertz CT molecular complexity index is 552. The van der Waals surface area contributed by atoms with Gasteiger partial charge in [-0.3, -0.25) is 14.9 Å². The van der Waals surface area contributed by atoms with Gasteiger partial charge in [0.05, 0.1) is 17.1 Å². The number of hydrogen-bond donors (Lipinski definition) is 2. The lowest BCUT2D eigenvalue weighted by Crippen LogP contribution is -2.44. The predicted octanol–water partition coefficient (Wildman–Crippen LogP) is 0.139. The van der Waals surface area contributed by atoms with Crippen molar-refractivity contribution in [2.45, 2.75) is 12.1 Å². The Balaban J connectivity index is 2.33. The number of aliphatic hydroxyl groups is 1. The van der Waals surface area contributed by atoms with Crippen molar-refractivity contribution in [3.63, 3.8) is 0 Å². The van der Waals surface area contributed by atoms with Crippen molar-refractivity contribution >= 4 is 11.6 Å². The van der Waals surface area contributed by atoms with Crippen LogP contribution >= 0.6 is 0 Å². The Hall–Kier alpha value is -2.06. The van der Waals surface area contributed by atoms with E-state index in [1.54, 1.807) is 0 Å². The highest BCUT2D eigenvalue weighted by Gasteiger charge is 2.34. The number of nitrogens with zero attached hydrogens (tertiary/aromatic N) is 2. The van der Waals surface area contributed by atoms with E-state index >= 15 is 0 Å². The van der Waals surface area contributed by atoms with E-state index in [1.807, 2.05) is 0 Å². The third kappa shape index (κ3) is 2.61. The highest BCUT2D eigenvalue weighted by atomic mass is 19.1. The van der Waals surface area contributed by atoms with Crippen LogP contribution < -0.4 is 5.32 Å². The van der Waals surface area contributed by atoms with Crippen LogP contribution in [0.2, 0.25) is 0 Å². The van der Waals surface area contributed by atoms with Gasteiger partial charge in [-0.2, -0.15) is 0 Å². The number of halogens is 1. The van der Waals surface area contributed by atoms with E-state index in [1.165, 1.54) is 11.9 Å². The quantitative estimate of drug-likeness (QED) is 0.607. The van der Waals surface area contributed by atoms with Crippen molar-refractivity contribution < 1.29 is 19.2 Å². The number of benzene rings is 1. The number of nitrogens with one attached hydrogen (secondary N) is 1. The van der Waals surface area contributed by atoms with Crippen molar-refractivity contribution in [2.75, 3.05) is 20.1 Å². The molecule has 0 aliphatic carbocycles. The van der Waals surface area contributed by atoms with Gasteiger partial charge in [0.2, 0.25) is 0 Å². The number of likely N-dealkylation sites (N-methyl/N-ethyl adjacent to an activating group) is 1. The maximum atomic E-state index is 13.2.